The number of urea groups is 1. The second-order valence-corrected chi connectivity index (χ2v) is 4.59. The van der Waals surface area contributed by atoms with Crippen LogP contribution in [0.4, 0.5) is 4.79 Å². The number of allylic oxidation sites excluding steroid dienone is 1. The van der Waals surface area contributed by atoms with Crippen molar-refractivity contribution >= 4 is 11.9 Å². The molecule has 4 N–H and O–H groups in total. The summed E-state index contributed by atoms with van der Waals surface area (Å²) >= 11 is 0. The topological polar surface area (TPSA) is 84.2 Å². The molecule has 0 aromatic rings. The summed E-state index contributed by atoms with van der Waals surface area (Å²) in [5.74, 6) is 0.0397. The number of rotatable bonds is 12. The maximum absolute atomic E-state index is 11.4. The highest BCUT2D eigenvalue weighted by molar-refractivity contribution is 5.76. The Bertz CT molecular complexity index is 267. The van der Waals surface area contributed by atoms with E-state index in [0.29, 0.717) is 19.5 Å². The molecular formula is C14H27N3O2. The third-order valence-corrected chi connectivity index (χ3v) is 2.81. The van der Waals surface area contributed by atoms with Crippen molar-refractivity contribution < 1.29 is 9.59 Å². The molecule has 110 valence electrons. The number of hydrogen-bond donors (Lipinski definition) is 3. The molecule has 0 aliphatic heterocycles. The summed E-state index contributed by atoms with van der Waals surface area (Å²) in [6.45, 7) is 4.51. The quantitative estimate of drug-likeness (QED) is 0.374. The van der Waals surface area contributed by atoms with Crippen molar-refractivity contribution in [3.05, 3.63) is 12.7 Å². The number of hydrogen-bond acceptors (Lipinski definition) is 2. The van der Waals surface area contributed by atoms with Gasteiger partial charge in [-0.2, -0.15) is 0 Å². The molecule has 0 aromatic carbocycles. The van der Waals surface area contributed by atoms with Crippen LogP contribution in [0.2, 0.25) is 0 Å². The summed E-state index contributed by atoms with van der Waals surface area (Å²) in [6.07, 6.45) is 10.5. The van der Waals surface area contributed by atoms with Gasteiger partial charge in [-0.25, -0.2) is 4.79 Å². The van der Waals surface area contributed by atoms with Gasteiger partial charge in [0.25, 0.3) is 0 Å². The van der Waals surface area contributed by atoms with Crippen LogP contribution in [0.5, 0.6) is 0 Å². The molecule has 5 nitrogen and oxygen atoms in total. The predicted molar refractivity (Wildman–Crippen MR) is 77.7 cm³/mol. The van der Waals surface area contributed by atoms with Crippen LogP contribution < -0.4 is 16.4 Å². The SMILES string of the molecule is C=CCCCCCCCCC(=O)NCCNC(N)=O. The Hall–Kier alpha value is -1.52. The molecule has 0 aromatic heterocycles. The van der Waals surface area contributed by atoms with Crippen LogP contribution in [0.25, 0.3) is 0 Å². The Balaban J connectivity index is 3.20. The molecule has 0 aliphatic carbocycles. The number of primary amides is 1. The summed E-state index contributed by atoms with van der Waals surface area (Å²) in [6, 6.07) is -0.564. The van der Waals surface area contributed by atoms with Crippen LogP contribution in [0, 0.1) is 0 Å². The largest absolute Gasteiger partial charge is 0.354 e. The molecule has 0 radical (unpaired) electrons. The van der Waals surface area contributed by atoms with E-state index in [9.17, 15) is 9.59 Å². The molecule has 0 rings (SSSR count). The van der Waals surface area contributed by atoms with Gasteiger partial charge in [-0.3, -0.25) is 4.79 Å². The van der Waals surface area contributed by atoms with Crippen molar-refractivity contribution in [1.29, 1.82) is 0 Å². The van der Waals surface area contributed by atoms with Crippen LogP contribution in [0.1, 0.15) is 51.4 Å². The molecular weight excluding hydrogens is 242 g/mol. The number of amides is 3. The van der Waals surface area contributed by atoms with Crippen molar-refractivity contribution in [2.75, 3.05) is 13.1 Å². The van der Waals surface area contributed by atoms with Gasteiger partial charge < -0.3 is 16.4 Å². The van der Waals surface area contributed by atoms with Gasteiger partial charge in [-0.1, -0.05) is 31.8 Å². The van der Waals surface area contributed by atoms with Gasteiger partial charge in [-0.15, -0.1) is 6.58 Å². The average Bonchev–Trinajstić information content (AvgIpc) is 2.37. The minimum absolute atomic E-state index is 0.0397. The van der Waals surface area contributed by atoms with Gasteiger partial charge in [0.2, 0.25) is 5.91 Å². The lowest BCUT2D eigenvalue weighted by Gasteiger charge is -2.05. The zero-order chi connectivity index (χ0) is 14.3. The monoisotopic (exact) mass is 269 g/mol. The van der Waals surface area contributed by atoms with Crippen LogP contribution in [0.3, 0.4) is 0 Å². The smallest absolute Gasteiger partial charge is 0.312 e. The van der Waals surface area contributed by atoms with E-state index in [1.165, 1.54) is 25.7 Å². The van der Waals surface area contributed by atoms with E-state index in [1.54, 1.807) is 0 Å². The van der Waals surface area contributed by atoms with Crippen LogP contribution in [-0.2, 0) is 4.79 Å². The van der Waals surface area contributed by atoms with E-state index in [2.05, 4.69) is 17.2 Å². The normalized spacial score (nSPS) is 9.89. The summed E-state index contributed by atoms with van der Waals surface area (Å²) in [4.78, 5) is 21.8. The fourth-order valence-corrected chi connectivity index (χ4v) is 1.76. The Labute approximate surface area is 116 Å². The van der Waals surface area contributed by atoms with Crippen molar-refractivity contribution in [3.8, 4) is 0 Å². The highest BCUT2D eigenvalue weighted by Crippen LogP contribution is 2.08. The maximum atomic E-state index is 11.4. The van der Waals surface area contributed by atoms with E-state index in [0.717, 1.165) is 19.3 Å². The molecule has 0 atom stereocenters. The molecule has 19 heavy (non-hydrogen) atoms. The molecule has 0 aliphatic rings. The molecule has 0 spiro atoms. The highest BCUT2D eigenvalue weighted by Gasteiger charge is 2.00. The minimum Gasteiger partial charge on any atom is -0.354 e. The first kappa shape index (κ1) is 17.5. The lowest BCUT2D eigenvalue weighted by molar-refractivity contribution is -0.121. The molecule has 0 saturated heterocycles. The first-order chi connectivity index (χ1) is 9.16. The highest BCUT2D eigenvalue weighted by atomic mass is 16.2. The number of nitrogens with one attached hydrogen (secondary N) is 2. The van der Waals surface area contributed by atoms with Crippen molar-refractivity contribution in [3.63, 3.8) is 0 Å². The number of carbonyl (C=O) groups excluding carboxylic acids is 2. The molecule has 0 fully saturated rings. The molecule has 0 bridgehead atoms. The Morgan fingerprint density at radius 3 is 2.16 bits per heavy atom. The summed E-state index contributed by atoms with van der Waals surface area (Å²) in [5, 5.41) is 5.16. The third-order valence-electron chi connectivity index (χ3n) is 2.81. The Kier molecular flexibility index (Phi) is 11.9. The van der Waals surface area contributed by atoms with Crippen LogP contribution in [0.15, 0.2) is 12.7 Å². The van der Waals surface area contributed by atoms with Crippen molar-refractivity contribution in [2.45, 2.75) is 51.4 Å². The van der Waals surface area contributed by atoms with E-state index >= 15 is 0 Å². The third kappa shape index (κ3) is 14.4. The van der Waals surface area contributed by atoms with Gasteiger partial charge in [0.05, 0.1) is 0 Å². The lowest BCUT2D eigenvalue weighted by atomic mass is 10.1. The van der Waals surface area contributed by atoms with E-state index in [4.69, 9.17) is 5.73 Å². The van der Waals surface area contributed by atoms with Gasteiger partial charge in [0.15, 0.2) is 0 Å². The number of carbonyl (C=O) groups is 2. The summed E-state index contributed by atoms with van der Waals surface area (Å²) in [5.41, 5.74) is 4.90. The first-order valence-corrected chi connectivity index (χ1v) is 7.07. The second kappa shape index (κ2) is 12.9. The maximum Gasteiger partial charge on any atom is 0.312 e. The van der Waals surface area contributed by atoms with Crippen molar-refractivity contribution in [1.82, 2.24) is 10.6 Å². The zero-order valence-electron chi connectivity index (χ0n) is 11.7. The van der Waals surface area contributed by atoms with Crippen LogP contribution in [-0.4, -0.2) is 25.0 Å². The molecule has 5 heteroatoms. The van der Waals surface area contributed by atoms with E-state index in [1.807, 2.05) is 6.08 Å². The van der Waals surface area contributed by atoms with Gasteiger partial charge in [0, 0.05) is 19.5 Å². The van der Waals surface area contributed by atoms with Gasteiger partial charge in [0.1, 0.15) is 0 Å². The summed E-state index contributed by atoms with van der Waals surface area (Å²) in [7, 11) is 0. The van der Waals surface area contributed by atoms with Crippen LogP contribution >= 0.6 is 0 Å². The molecule has 0 unspecified atom stereocenters. The van der Waals surface area contributed by atoms with Gasteiger partial charge in [-0.05, 0) is 19.3 Å². The predicted octanol–water partition coefficient (Wildman–Crippen LogP) is 2.08. The number of unbranched alkanes of at least 4 members (excludes halogenated alkanes) is 6. The summed E-state index contributed by atoms with van der Waals surface area (Å²) < 4.78 is 0. The van der Waals surface area contributed by atoms with Crippen molar-refractivity contribution in [2.24, 2.45) is 5.73 Å². The number of nitrogens with two attached hydrogens (primary N) is 1. The molecule has 0 saturated carbocycles. The minimum atomic E-state index is -0.564. The lowest BCUT2D eigenvalue weighted by Crippen LogP contribution is -2.37. The molecule has 0 heterocycles. The zero-order valence-corrected chi connectivity index (χ0v) is 11.7. The molecule has 3 amide bonds. The fourth-order valence-electron chi connectivity index (χ4n) is 1.76. The Morgan fingerprint density at radius 1 is 0.947 bits per heavy atom. The standard InChI is InChI=1S/C14H27N3O2/c1-2-3-4-5-6-7-8-9-10-13(18)16-11-12-17-14(15)19/h2H,1,3-12H2,(H,16,18)(H3,15,17,19). The average molecular weight is 269 g/mol. The van der Waals surface area contributed by atoms with Gasteiger partial charge >= 0.3 is 6.03 Å². The van der Waals surface area contributed by atoms with E-state index < -0.39 is 6.03 Å². The first-order valence-electron chi connectivity index (χ1n) is 7.07. The Morgan fingerprint density at radius 2 is 1.53 bits per heavy atom. The fraction of sp³-hybridized carbons (Fsp3) is 0.714. The van der Waals surface area contributed by atoms with E-state index in [-0.39, 0.29) is 5.91 Å². The second-order valence-electron chi connectivity index (χ2n) is 4.59.